The van der Waals surface area contributed by atoms with Crippen molar-refractivity contribution in [1.82, 2.24) is 9.97 Å². The third kappa shape index (κ3) is 3.19. The molecular formula is C17H17N3O3S2. The summed E-state index contributed by atoms with van der Waals surface area (Å²) in [5.74, 6) is 1.28. The fraction of sp³-hybridized carbons (Fsp3) is 0.353. The lowest BCUT2D eigenvalue weighted by molar-refractivity contribution is 0.103. The van der Waals surface area contributed by atoms with E-state index in [2.05, 4.69) is 15.3 Å². The zero-order chi connectivity index (χ0) is 17.4. The lowest BCUT2D eigenvalue weighted by Crippen LogP contribution is -2.11. The number of thiazole rings is 2. The molecule has 1 amide bonds. The van der Waals surface area contributed by atoms with Gasteiger partial charge in [-0.05, 0) is 13.3 Å². The number of hydrogen-bond donors (Lipinski definition) is 1. The maximum atomic E-state index is 12.5. The summed E-state index contributed by atoms with van der Waals surface area (Å²) in [7, 11) is 0. The van der Waals surface area contributed by atoms with E-state index in [4.69, 9.17) is 9.47 Å². The molecule has 1 aromatic carbocycles. The number of carbonyl (C=O) groups is 1. The predicted molar refractivity (Wildman–Crippen MR) is 99.4 cm³/mol. The molecule has 0 fully saturated rings. The molecule has 25 heavy (non-hydrogen) atoms. The quantitative estimate of drug-likeness (QED) is 0.748. The average molecular weight is 375 g/mol. The molecule has 8 heteroatoms. The minimum absolute atomic E-state index is 0.164. The molecule has 0 saturated heterocycles. The zero-order valence-corrected chi connectivity index (χ0v) is 15.6. The van der Waals surface area contributed by atoms with Crippen LogP contribution in [0.5, 0.6) is 11.5 Å². The number of aromatic nitrogens is 2. The molecule has 2 aromatic heterocycles. The van der Waals surface area contributed by atoms with Crippen molar-refractivity contribution < 1.29 is 14.3 Å². The topological polar surface area (TPSA) is 73.3 Å². The minimum Gasteiger partial charge on any atom is -0.490 e. The van der Waals surface area contributed by atoms with Crippen molar-refractivity contribution in [3.8, 4) is 11.5 Å². The van der Waals surface area contributed by atoms with Gasteiger partial charge in [0.25, 0.3) is 5.91 Å². The van der Waals surface area contributed by atoms with Crippen LogP contribution in [0.2, 0.25) is 0 Å². The second-order valence-corrected chi connectivity index (χ2v) is 7.78. The highest BCUT2D eigenvalue weighted by Crippen LogP contribution is 2.37. The first-order chi connectivity index (χ1) is 12.1. The molecule has 0 radical (unpaired) electrons. The number of ether oxygens (including phenoxy) is 2. The van der Waals surface area contributed by atoms with E-state index in [-0.39, 0.29) is 5.91 Å². The molecule has 0 unspecified atom stereocenters. The first kappa shape index (κ1) is 16.3. The van der Waals surface area contributed by atoms with E-state index >= 15 is 0 Å². The molecule has 1 N–H and O–H groups in total. The maximum absolute atomic E-state index is 12.5. The zero-order valence-electron chi connectivity index (χ0n) is 13.9. The van der Waals surface area contributed by atoms with E-state index in [0.717, 1.165) is 39.5 Å². The maximum Gasteiger partial charge on any atom is 0.269 e. The third-order valence-corrected chi connectivity index (χ3v) is 6.06. The molecule has 6 nitrogen and oxygen atoms in total. The standard InChI is InChI=1S/C17H17N3O3S2/c1-3-14-18-9(2)15(25-14)16(21)20-17-19-10-7-11-12(8-13(10)24-17)23-6-4-5-22-11/h7-8H,3-6H2,1-2H3,(H,19,20,21). The van der Waals surface area contributed by atoms with E-state index in [0.29, 0.717) is 29.0 Å². The Labute approximate surface area is 152 Å². The van der Waals surface area contributed by atoms with E-state index in [1.165, 1.54) is 22.7 Å². The van der Waals surface area contributed by atoms with Gasteiger partial charge in [0.15, 0.2) is 16.6 Å². The average Bonchev–Trinajstić information content (AvgIpc) is 3.08. The molecule has 130 valence electrons. The molecular weight excluding hydrogens is 358 g/mol. The van der Waals surface area contributed by atoms with Crippen LogP contribution in [0, 0.1) is 6.92 Å². The Balaban J connectivity index is 1.61. The highest BCUT2D eigenvalue weighted by molar-refractivity contribution is 7.22. The number of carbonyl (C=O) groups excluding carboxylic acids is 1. The molecule has 0 atom stereocenters. The van der Waals surface area contributed by atoms with Gasteiger partial charge < -0.3 is 9.47 Å². The van der Waals surface area contributed by atoms with Gasteiger partial charge in [0.1, 0.15) is 4.88 Å². The minimum atomic E-state index is -0.164. The SMILES string of the molecule is CCc1nc(C)c(C(=O)Nc2nc3cc4c(cc3s2)OCCCO4)s1. The summed E-state index contributed by atoms with van der Waals surface area (Å²) in [6.45, 7) is 5.16. The number of fused-ring (bicyclic) bond motifs is 2. The van der Waals surface area contributed by atoms with E-state index < -0.39 is 0 Å². The summed E-state index contributed by atoms with van der Waals surface area (Å²) < 4.78 is 12.4. The number of anilines is 1. The highest BCUT2D eigenvalue weighted by Gasteiger charge is 2.18. The number of benzene rings is 1. The van der Waals surface area contributed by atoms with Crippen molar-refractivity contribution >= 4 is 43.9 Å². The summed E-state index contributed by atoms with van der Waals surface area (Å²) in [6.07, 6.45) is 1.69. The van der Waals surface area contributed by atoms with Crippen molar-refractivity contribution in [3.05, 3.63) is 27.7 Å². The first-order valence-electron chi connectivity index (χ1n) is 8.12. The molecule has 3 heterocycles. The Morgan fingerprint density at radius 3 is 2.68 bits per heavy atom. The van der Waals surface area contributed by atoms with E-state index in [1.807, 2.05) is 26.0 Å². The van der Waals surface area contributed by atoms with Crippen LogP contribution in [0.1, 0.15) is 33.7 Å². The Morgan fingerprint density at radius 1 is 1.20 bits per heavy atom. The monoisotopic (exact) mass is 375 g/mol. The summed E-state index contributed by atoms with van der Waals surface area (Å²) in [4.78, 5) is 22.1. The van der Waals surface area contributed by atoms with E-state index in [9.17, 15) is 4.79 Å². The lowest BCUT2D eigenvalue weighted by Gasteiger charge is -2.05. The van der Waals surface area contributed by atoms with Gasteiger partial charge in [0.2, 0.25) is 0 Å². The Bertz CT molecular complexity index is 905. The Morgan fingerprint density at radius 2 is 1.96 bits per heavy atom. The Hall–Kier alpha value is -2.19. The van der Waals surface area contributed by atoms with Crippen molar-refractivity contribution in [2.24, 2.45) is 0 Å². The number of nitrogens with zero attached hydrogens (tertiary/aromatic N) is 2. The van der Waals surface area contributed by atoms with Gasteiger partial charge in [-0.3, -0.25) is 10.1 Å². The third-order valence-electron chi connectivity index (χ3n) is 3.83. The second-order valence-electron chi connectivity index (χ2n) is 5.67. The number of hydrogen-bond acceptors (Lipinski definition) is 7. The molecule has 0 aliphatic carbocycles. The molecule has 0 saturated carbocycles. The van der Waals surface area contributed by atoms with Crippen LogP contribution < -0.4 is 14.8 Å². The summed E-state index contributed by atoms with van der Waals surface area (Å²) in [6, 6.07) is 3.80. The van der Waals surface area contributed by atoms with Crippen molar-refractivity contribution in [1.29, 1.82) is 0 Å². The molecule has 1 aliphatic rings. The lowest BCUT2D eigenvalue weighted by atomic mass is 10.3. The fourth-order valence-electron chi connectivity index (χ4n) is 2.61. The van der Waals surface area contributed by atoms with Crippen LogP contribution in [0.25, 0.3) is 10.2 Å². The van der Waals surface area contributed by atoms with Gasteiger partial charge in [0.05, 0.1) is 34.1 Å². The van der Waals surface area contributed by atoms with Crippen molar-refractivity contribution in [3.63, 3.8) is 0 Å². The van der Waals surface area contributed by atoms with Crippen LogP contribution in [0.3, 0.4) is 0 Å². The number of amides is 1. The Kier molecular flexibility index (Phi) is 4.30. The number of aryl methyl sites for hydroxylation is 2. The molecule has 3 aromatic rings. The van der Waals surface area contributed by atoms with Crippen molar-refractivity contribution in [2.75, 3.05) is 18.5 Å². The normalized spacial score (nSPS) is 13.7. The first-order valence-corrected chi connectivity index (χ1v) is 9.75. The molecule has 0 bridgehead atoms. The van der Waals surface area contributed by atoms with Gasteiger partial charge in [-0.25, -0.2) is 9.97 Å². The van der Waals surface area contributed by atoms with Gasteiger partial charge >= 0.3 is 0 Å². The summed E-state index contributed by atoms with van der Waals surface area (Å²) in [5, 5.41) is 4.41. The smallest absolute Gasteiger partial charge is 0.269 e. The highest BCUT2D eigenvalue weighted by atomic mass is 32.1. The van der Waals surface area contributed by atoms with Gasteiger partial charge in [-0.15, -0.1) is 11.3 Å². The fourth-order valence-corrected chi connectivity index (χ4v) is 4.38. The summed E-state index contributed by atoms with van der Waals surface area (Å²) in [5.41, 5.74) is 1.55. The van der Waals surface area contributed by atoms with Crippen LogP contribution in [-0.4, -0.2) is 29.1 Å². The molecule has 1 aliphatic heterocycles. The molecule has 4 rings (SSSR count). The number of nitrogens with one attached hydrogen (secondary N) is 1. The van der Waals surface area contributed by atoms with Gasteiger partial charge in [0, 0.05) is 18.6 Å². The summed E-state index contributed by atoms with van der Waals surface area (Å²) >= 11 is 2.85. The van der Waals surface area contributed by atoms with Crippen LogP contribution in [0.15, 0.2) is 12.1 Å². The van der Waals surface area contributed by atoms with Gasteiger partial charge in [-0.1, -0.05) is 18.3 Å². The van der Waals surface area contributed by atoms with Gasteiger partial charge in [-0.2, -0.15) is 0 Å². The predicted octanol–water partition coefficient (Wildman–Crippen LogP) is 4.04. The molecule has 0 spiro atoms. The van der Waals surface area contributed by atoms with Crippen molar-refractivity contribution in [2.45, 2.75) is 26.7 Å². The van der Waals surface area contributed by atoms with Crippen LogP contribution in [-0.2, 0) is 6.42 Å². The number of rotatable bonds is 3. The van der Waals surface area contributed by atoms with Crippen LogP contribution in [0.4, 0.5) is 5.13 Å². The largest absolute Gasteiger partial charge is 0.490 e. The van der Waals surface area contributed by atoms with Crippen LogP contribution >= 0.6 is 22.7 Å². The second kappa shape index (κ2) is 6.61. The van der Waals surface area contributed by atoms with E-state index in [1.54, 1.807) is 0 Å².